The molecule has 7 heteroatoms. The summed E-state index contributed by atoms with van der Waals surface area (Å²) in [6.45, 7) is 0.230. The molecule has 1 aliphatic carbocycles. The molecule has 2 heterocycles. The van der Waals surface area contributed by atoms with E-state index in [1.165, 1.54) is 24.3 Å². The van der Waals surface area contributed by atoms with Crippen LogP contribution in [0.3, 0.4) is 0 Å². The van der Waals surface area contributed by atoms with E-state index in [1.807, 2.05) is 24.3 Å². The number of hydrogen-bond acceptors (Lipinski definition) is 4. The van der Waals surface area contributed by atoms with Gasteiger partial charge in [0.15, 0.2) is 11.6 Å². The second-order valence-corrected chi connectivity index (χ2v) is 10.4. The minimum absolute atomic E-state index is 0.0347. The summed E-state index contributed by atoms with van der Waals surface area (Å²) >= 11 is 0. The van der Waals surface area contributed by atoms with Gasteiger partial charge in [0.25, 0.3) is 0 Å². The molecule has 2 unspecified atom stereocenters. The molecule has 0 saturated carbocycles. The monoisotopic (exact) mass is 505 g/mol. The minimum Gasteiger partial charge on any atom is -0.494 e. The fourth-order valence-corrected chi connectivity index (χ4v) is 6.61. The zero-order chi connectivity index (χ0) is 25.7. The molecule has 2 aliphatic heterocycles. The Balaban J connectivity index is 1.21. The summed E-state index contributed by atoms with van der Waals surface area (Å²) in [5.74, 6) is -2.42. The van der Waals surface area contributed by atoms with E-state index in [0.29, 0.717) is 12.8 Å². The highest BCUT2D eigenvalue weighted by Gasteiger charge is 2.49. The predicted molar refractivity (Wildman–Crippen MR) is 134 cm³/mol. The summed E-state index contributed by atoms with van der Waals surface area (Å²) in [4.78, 5) is 15.2. The number of carbonyl (C=O) groups is 1. The van der Waals surface area contributed by atoms with Crippen LogP contribution in [0.25, 0.3) is 11.1 Å². The fourth-order valence-electron chi connectivity index (χ4n) is 6.61. The number of methoxy groups -OCH3 is 1. The standard InChI is InChI=1S/C30H29F2NO4/c1-36-27-14-18(13-26(31)28(27)32)30(35)15-19-7-6-8-20(16-30)33(19)29(34)37-17-25-23-11-4-2-9-21(23)22-10-3-5-12-24(22)25/h2-5,9-14,19-20,25,35H,6-8,15-17H2,1H3. The van der Waals surface area contributed by atoms with Crippen LogP contribution in [0.5, 0.6) is 5.75 Å². The number of ether oxygens (including phenoxy) is 2. The first-order valence-corrected chi connectivity index (χ1v) is 12.8. The van der Waals surface area contributed by atoms with Crippen molar-refractivity contribution in [3.63, 3.8) is 0 Å². The topological polar surface area (TPSA) is 59.0 Å². The van der Waals surface area contributed by atoms with Crippen LogP contribution >= 0.6 is 0 Å². The number of piperidine rings is 2. The fraction of sp³-hybridized carbons (Fsp3) is 0.367. The average Bonchev–Trinajstić information content (AvgIpc) is 3.22. The van der Waals surface area contributed by atoms with Crippen LogP contribution in [0.4, 0.5) is 13.6 Å². The molecule has 2 bridgehead atoms. The Bertz CT molecular complexity index is 1300. The lowest BCUT2D eigenvalue weighted by atomic mass is 9.72. The number of fused-ring (bicyclic) bond motifs is 5. The molecular formula is C30H29F2NO4. The molecule has 0 radical (unpaired) electrons. The van der Waals surface area contributed by atoms with Crippen molar-refractivity contribution >= 4 is 6.09 Å². The molecule has 3 aliphatic rings. The summed E-state index contributed by atoms with van der Waals surface area (Å²) in [6, 6.07) is 18.3. The molecule has 2 fully saturated rings. The molecule has 0 aromatic heterocycles. The molecule has 1 N–H and O–H groups in total. The number of amides is 1. The quantitative estimate of drug-likeness (QED) is 0.464. The third-order valence-corrected chi connectivity index (χ3v) is 8.31. The Labute approximate surface area is 214 Å². The van der Waals surface area contributed by atoms with Gasteiger partial charge in [0.2, 0.25) is 5.82 Å². The van der Waals surface area contributed by atoms with E-state index in [9.17, 15) is 18.7 Å². The first kappa shape index (κ1) is 23.9. The van der Waals surface area contributed by atoms with Crippen molar-refractivity contribution in [1.29, 1.82) is 0 Å². The zero-order valence-electron chi connectivity index (χ0n) is 20.6. The second kappa shape index (κ2) is 9.14. The lowest BCUT2D eigenvalue weighted by molar-refractivity contribution is -0.0893. The van der Waals surface area contributed by atoms with Gasteiger partial charge in [-0.25, -0.2) is 9.18 Å². The second-order valence-electron chi connectivity index (χ2n) is 10.4. The highest BCUT2D eigenvalue weighted by Crippen LogP contribution is 2.47. The average molecular weight is 506 g/mol. The number of hydrogen-bond donors (Lipinski definition) is 1. The number of halogens is 2. The Kier molecular flexibility index (Phi) is 5.91. The van der Waals surface area contributed by atoms with Gasteiger partial charge in [-0.15, -0.1) is 0 Å². The highest BCUT2D eigenvalue weighted by atomic mass is 19.2. The predicted octanol–water partition coefficient (Wildman–Crippen LogP) is 6.13. The van der Waals surface area contributed by atoms with Crippen LogP contribution in [0, 0.1) is 11.6 Å². The first-order chi connectivity index (χ1) is 17.9. The van der Waals surface area contributed by atoms with E-state index >= 15 is 0 Å². The van der Waals surface area contributed by atoms with Crippen LogP contribution < -0.4 is 4.74 Å². The zero-order valence-corrected chi connectivity index (χ0v) is 20.6. The molecule has 2 saturated heterocycles. The number of aliphatic hydroxyl groups is 1. The Morgan fingerprint density at radius 3 is 2.19 bits per heavy atom. The third-order valence-electron chi connectivity index (χ3n) is 8.31. The molecule has 6 rings (SSSR count). The molecule has 5 nitrogen and oxygen atoms in total. The van der Waals surface area contributed by atoms with Crippen LogP contribution in [-0.4, -0.2) is 41.9 Å². The van der Waals surface area contributed by atoms with Gasteiger partial charge in [0, 0.05) is 30.8 Å². The van der Waals surface area contributed by atoms with Crippen LogP contribution in [0.1, 0.15) is 54.7 Å². The molecule has 3 aromatic carbocycles. The lowest BCUT2D eigenvalue weighted by Crippen LogP contribution is -2.59. The summed E-state index contributed by atoms with van der Waals surface area (Å²) in [7, 11) is 1.26. The molecule has 2 atom stereocenters. The summed E-state index contributed by atoms with van der Waals surface area (Å²) in [6.07, 6.45) is 2.42. The van der Waals surface area contributed by atoms with E-state index in [2.05, 4.69) is 24.3 Å². The van der Waals surface area contributed by atoms with Crippen molar-refractivity contribution in [3.8, 4) is 16.9 Å². The maximum Gasteiger partial charge on any atom is 0.410 e. The van der Waals surface area contributed by atoms with Crippen molar-refractivity contribution in [3.05, 3.63) is 89.0 Å². The molecular weight excluding hydrogens is 476 g/mol. The normalized spacial score (nSPS) is 24.4. The van der Waals surface area contributed by atoms with Crippen molar-refractivity contribution in [1.82, 2.24) is 4.90 Å². The number of benzene rings is 3. The van der Waals surface area contributed by atoms with E-state index in [0.717, 1.165) is 23.6 Å². The lowest BCUT2D eigenvalue weighted by Gasteiger charge is -2.51. The van der Waals surface area contributed by atoms with Gasteiger partial charge in [-0.1, -0.05) is 48.5 Å². The van der Waals surface area contributed by atoms with Crippen LogP contribution in [0.2, 0.25) is 0 Å². The Morgan fingerprint density at radius 1 is 1.00 bits per heavy atom. The highest BCUT2D eigenvalue weighted by molar-refractivity contribution is 5.79. The van der Waals surface area contributed by atoms with Gasteiger partial charge in [0.1, 0.15) is 6.61 Å². The SMILES string of the molecule is COc1cc(C2(O)CC3CCCC(C2)N3C(=O)OCC2c3ccccc3-c3ccccc32)cc(F)c1F. The van der Waals surface area contributed by atoms with Crippen LogP contribution in [0.15, 0.2) is 60.7 Å². The van der Waals surface area contributed by atoms with Gasteiger partial charge in [-0.3, -0.25) is 0 Å². The van der Waals surface area contributed by atoms with Crippen molar-refractivity contribution in [2.24, 2.45) is 0 Å². The van der Waals surface area contributed by atoms with E-state index < -0.39 is 17.2 Å². The number of rotatable bonds is 4. The van der Waals surface area contributed by atoms with Crippen LogP contribution in [-0.2, 0) is 10.3 Å². The Hall–Kier alpha value is -3.45. The summed E-state index contributed by atoms with van der Waals surface area (Å²) in [5.41, 5.74) is 3.51. The maximum atomic E-state index is 14.3. The van der Waals surface area contributed by atoms with Crippen molar-refractivity contribution in [2.75, 3.05) is 13.7 Å². The van der Waals surface area contributed by atoms with Gasteiger partial charge in [-0.2, -0.15) is 4.39 Å². The number of carbonyl (C=O) groups excluding carboxylic acids is 1. The molecule has 1 amide bonds. The maximum absolute atomic E-state index is 14.3. The molecule has 192 valence electrons. The number of nitrogens with zero attached hydrogens (tertiary/aromatic N) is 1. The van der Waals surface area contributed by atoms with Crippen molar-refractivity contribution < 1.29 is 28.2 Å². The van der Waals surface area contributed by atoms with E-state index in [1.54, 1.807) is 4.90 Å². The molecule has 37 heavy (non-hydrogen) atoms. The molecule has 3 aromatic rings. The first-order valence-electron chi connectivity index (χ1n) is 12.8. The van der Waals surface area contributed by atoms with Gasteiger partial charge < -0.3 is 19.5 Å². The largest absolute Gasteiger partial charge is 0.494 e. The third kappa shape index (κ3) is 3.96. The van der Waals surface area contributed by atoms with Crippen molar-refractivity contribution in [2.45, 2.75) is 55.7 Å². The van der Waals surface area contributed by atoms with E-state index in [4.69, 9.17) is 9.47 Å². The summed E-state index contributed by atoms with van der Waals surface area (Å²) < 4.78 is 39.2. The van der Waals surface area contributed by atoms with E-state index in [-0.39, 0.29) is 54.9 Å². The Morgan fingerprint density at radius 2 is 1.59 bits per heavy atom. The van der Waals surface area contributed by atoms with Gasteiger partial charge >= 0.3 is 6.09 Å². The van der Waals surface area contributed by atoms with Gasteiger partial charge in [-0.05, 0) is 59.2 Å². The minimum atomic E-state index is -1.39. The molecule has 0 spiro atoms. The smallest absolute Gasteiger partial charge is 0.410 e. The summed E-state index contributed by atoms with van der Waals surface area (Å²) in [5, 5.41) is 11.6. The van der Waals surface area contributed by atoms with Gasteiger partial charge in [0.05, 0.1) is 12.7 Å².